The van der Waals surface area contributed by atoms with E-state index in [9.17, 15) is 17.6 Å². The SMILES string of the molecule is COc1cc(-c2cccc(F)c2)cc2c(N3CCCC3C(F)(F)F)nc(-c3cccnc3)nc12. The Morgan fingerprint density at radius 2 is 1.82 bits per heavy atom. The third-order valence-electron chi connectivity index (χ3n) is 5.95. The molecule has 0 bridgehead atoms. The Morgan fingerprint density at radius 1 is 1.00 bits per heavy atom. The first-order valence-electron chi connectivity index (χ1n) is 10.7. The van der Waals surface area contributed by atoms with Gasteiger partial charge in [0.1, 0.15) is 28.9 Å². The zero-order valence-corrected chi connectivity index (χ0v) is 18.2. The molecule has 1 fully saturated rings. The fourth-order valence-electron chi connectivity index (χ4n) is 4.38. The Labute approximate surface area is 193 Å². The number of anilines is 1. The van der Waals surface area contributed by atoms with Crippen molar-refractivity contribution in [3.63, 3.8) is 0 Å². The molecule has 0 radical (unpaired) electrons. The van der Waals surface area contributed by atoms with Gasteiger partial charge in [0.2, 0.25) is 0 Å². The van der Waals surface area contributed by atoms with Crippen LogP contribution in [-0.4, -0.2) is 40.8 Å². The predicted octanol–water partition coefficient (Wildman–Crippen LogP) is 6.04. The molecule has 1 aliphatic heterocycles. The number of rotatable bonds is 4. The van der Waals surface area contributed by atoms with Crippen LogP contribution >= 0.6 is 0 Å². The van der Waals surface area contributed by atoms with Gasteiger partial charge in [-0.3, -0.25) is 4.98 Å². The van der Waals surface area contributed by atoms with Gasteiger partial charge in [-0.15, -0.1) is 0 Å². The van der Waals surface area contributed by atoms with Crippen LogP contribution in [0.2, 0.25) is 0 Å². The normalized spacial score (nSPS) is 16.3. The van der Waals surface area contributed by atoms with E-state index in [1.54, 1.807) is 48.8 Å². The molecule has 0 saturated carbocycles. The van der Waals surface area contributed by atoms with Crippen LogP contribution in [0.25, 0.3) is 33.4 Å². The van der Waals surface area contributed by atoms with E-state index in [0.717, 1.165) is 0 Å². The maximum atomic E-state index is 13.9. The Morgan fingerprint density at radius 3 is 2.53 bits per heavy atom. The second kappa shape index (κ2) is 8.55. The fourth-order valence-corrected chi connectivity index (χ4v) is 4.38. The Balaban J connectivity index is 1.80. The van der Waals surface area contributed by atoms with Gasteiger partial charge in [0.25, 0.3) is 0 Å². The molecule has 5 rings (SSSR count). The van der Waals surface area contributed by atoms with Crippen molar-refractivity contribution in [1.29, 1.82) is 0 Å². The summed E-state index contributed by atoms with van der Waals surface area (Å²) in [6.45, 7) is 0.204. The zero-order valence-electron chi connectivity index (χ0n) is 18.2. The minimum atomic E-state index is -4.41. The van der Waals surface area contributed by atoms with Crippen molar-refractivity contribution in [2.24, 2.45) is 0 Å². The van der Waals surface area contributed by atoms with Gasteiger partial charge in [-0.25, -0.2) is 14.4 Å². The summed E-state index contributed by atoms with van der Waals surface area (Å²) in [5, 5.41) is 0.405. The number of pyridine rings is 1. The van der Waals surface area contributed by atoms with Gasteiger partial charge in [-0.2, -0.15) is 13.2 Å². The van der Waals surface area contributed by atoms with Crippen molar-refractivity contribution in [2.45, 2.75) is 25.1 Å². The van der Waals surface area contributed by atoms with Gasteiger partial charge < -0.3 is 9.64 Å². The third-order valence-corrected chi connectivity index (χ3v) is 5.95. The summed E-state index contributed by atoms with van der Waals surface area (Å²) in [5.41, 5.74) is 2.10. The number of hydrogen-bond donors (Lipinski definition) is 0. The molecule has 1 saturated heterocycles. The van der Waals surface area contributed by atoms with E-state index in [1.807, 2.05) is 0 Å². The summed E-state index contributed by atoms with van der Waals surface area (Å²) in [4.78, 5) is 14.6. The number of hydrogen-bond acceptors (Lipinski definition) is 5. The van der Waals surface area contributed by atoms with Crippen LogP contribution in [0.3, 0.4) is 0 Å². The van der Waals surface area contributed by atoms with Crippen LogP contribution in [-0.2, 0) is 0 Å². The predicted molar refractivity (Wildman–Crippen MR) is 121 cm³/mol. The first kappa shape index (κ1) is 22.1. The van der Waals surface area contributed by atoms with E-state index in [4.69, 9.17) is 4.74 Å². The second-order valence-electron chi connectivity index (χ2n) is 8.09. The molecule has 174 valence electrons. The average molecular weight is 468 g/mol. The highest BCUT2D eigenvalue weighted by atomic mass is 19.4. The van der Waals surface area contributed by atoms with Crippen molar-refractivity contribution in [3.8, 4) is 28.3 Å². The van der Waals surface area contributed by atoms with E-state index in [-0.39, 0.29) is 24.6 Å². The molecule has 2 aromatic carbocycles. The quantitative estimate of drug-likeness (QED) is 0.342. The highest BCUT2D eigenvalue weighted by Crippen LogP contribution is 2.41. The van der Waals surface area contributed by atoms with E-state index < -0.39 is 18.0 Å². The molecule has 0 amide bonds. The summed E-state index contributed by atoms with van der Waals surface area (Å²) < 4.78 is 61.2. The lowest BCUT2D eigenvalue weighted by Crippen LogP contribution is -2.41. The number of alkyl halides is 3. The molecule has 0 aliphatic carbocycles. The van der Waals surface area contributed by atoms with Crippen molar-refractivity contribution in [3.05, 3.63) is 66.7 Å². The molecule has 1 atom stereocenters. The molecule has 0 N–H and O–H groups in total. The van der Waals surface area contributed by atoms with Crippen LogP contribution in [0, 0.1) is 5.82 Å². The lowest BCUT2D eigenvalue weighted by molar-refractivity contribution is -0.146. The van der Waals surface area contributed by atoms with Gasteiger partial charge in [-0.05, 0) is 60.4 Å². The number of halogens is 4. The topological polar surface area (TPSA) is 51.1 Å². The van der Waals surface area contributed by atoms with E-state index in [2.05, 4.69) is 15.0 Å². The Kier molecular flexibility index (Phi) is 5.55. The lowest BCUT2D eigenvalue weighted by atomic mass is 10.0. The molecule has 4 aromatic rings. The molecular formula is C25H20F4N4O. The highest BCUT2D eigenvalue weighted by molar-refractivity contribution is 5.98. The Hall–Kier alpha value is -3.75. The summed E-state index contributed by atoms with van der Waals surface area (Å²) in [5.74, 6) is 0.352. The summed E-state index contributed by atoms with van der Waals surface area (Å²) >= 11 is 0. The van der Waals surface area contributed by atoms with E-state index in [0.29, 0.717) is 39.8 Å². The largest absolute Gasteiger partial charge is 0.494 e. The minimum absolute atomic E-state index is 0.0159. The third kappa shape index (κ3) is 4.02. The molecule has 9 heteroatoms. The van der Waals surface area contributed by atoms with Crippen LogP contribution in [0.5, 0.6) is 5.75 Å². The van der Waals surface area contributed by atoms with Gasteiger partial charge in [0.05, 0.1) is 7.11 Å². The number of benzene rings is 2. The van der Waals surface area contributed by atoms with Crippen LogP contribution < -0.4 is 9.64 Å². The zero-order chi connectivity index (χ0) is 23.9. The lowest BCUT2D eigenvalue weighted by Gasteiger charge is -2.29. The van der Waals surface area contributed by atoms with Gasteiger partial charge in [0.15, 0.2) is 5.82 Å². The van der Waals surface area contributed by atoms with Gasteiger partial charge >= 0.3 is 6.18 Å². The standard InChI is InChI=1S/C25H20F4N4O/c1-34-20-13-17(15-5-2-7-18(26)11-15)12-19-22(20)31-23(16-6-3-9-30-14-16)32-24(19)33-10-4-8-21(33)25(27,28)29/h2-3,5-7,9,11-14,21H,4,8,10H2,1H3. The Bertz CT molecular complexity index is 1340. The molecule has 0 spiro atoms. The number of methoxy groups -OCH3 is 1. The van der Waals surface area contributed by atoms with E-state index >= 15 is 0 Å². The monoisotopic (exact) mass is 468 g/mol. The van der Waals surface area contributed by atoms with Crippen LogP contribution in [0.4, 0.5) is 23.4 Å². The molecule has 5 nitrogen and oxygen atoms in total. The molecule has 34 heavy (non-hydrogen) atoms. The van der Waals surface area contributed by atoms with Crippen LogP contribution in [0.15, 0.2) is 60.9 Å². The number of fused-ring (bicyclic) bond motifs is 1. The first-order chi connectivity index (χ1) is 16.3. The number of aromatic nitrogens is 3. The highest BCUT2D eigenvalue weighted by Gasteiger charge is 2.47. The van der Waals surface area contributed by atoms with Crippen molar-refractivity contribution in [1.82, 2.24) is 15.0 Å². The minimum Gasteiger partial charge on any atom is -0.494 e. The van der Waals surface area contributed by atoms with Crippen molar-refractivity contribution >= 4 is 16.7 Å². The second-order valence-corrected chi connectivity index (χ2v) is 8.09. The van der Waals surface area contributed by atoms with Crippen molar-refractivity contribution < 1.29 is 22.3 Å². The summed E-state index contributed by atoms with van der Waals surface area (Å²) in [6.07, 6.45) is -0.885. The van der Waals surface area contributed by atoms with E-state index in [1.165, 1.54) is 24.1 Å². The maximum Gasteiger partial charge on any atom is 0.408 e. The van der Waals surface area contributed by atoms with Gasteiger partial charge in [0, 0.05) is 29.9 Å². The molecule has 2 aromatic heterocycles. The number of ether oxygens (including phenoxy) is 1. The molecule has 1 aliphatic rings. The summed E-state index contributed by atoms with van der Waals surface area (Å²) in [7, 11) is 1.46. The average Bonchev–Trinajstić information content (AvgIpc) is 3.34. The van der Waals surface area contributed by atoms with Crippen LogP contribution in [0.1, 0.15) is 12.8 Å². The van der Waals surface area contributed by atoms with Crippen molar-refractivity contribution in [2.75, 3.05) is 18.6 Å². The first-order valence-corrected chi connectivity index (χ1v) is 10.7. The van der Waals surface area contributed by atoms with Gasteiger partial charge in [-0.1, -0.05) is 12.1 Å². The maximum absolute atomic E-state index is 13.9. The fraction of sp³-hybridized carbons (Fsp3) is 0.240. The summed E-state index contributed by atoms with van der Waals surface area (Å²) in [6, 6.07) is 11.2. The molecular weight excluding hydrogens is 448 g/mol. The smallest absolute Gasteiger partial charge is 0.408 e. The molecule has 1 unspecified atom stereocenters. The number of nitrogens with zero attached hydrogens (tertiary/aromatic N) is 4. The molecule has 3 heterocycles.